The molecular weight excluding hydrogens is 286 g/mol. The van der Waals surface area contributed by atoms with Gasteiger partial charge in [-0.2, -0.15) is 0 Å². The Morgan fingerprint density at radius 2 is 1.57 bits per heavy atom. The third kappa shape index (κ3) is 2.23. The van der Waals surface area contributed by atoms with E-state index in [2.05, 4.69) is 15.3 Å². The van der Waals surface area contributed by atoms with Crippen LogP contribution in [-0.2, 0) is 0 Å². The third-order valence-electron chi connectivity index (χ3n) is 6.15. The minimum absolute atomic E-state index is 0.0551. The molecule has 0 atom stereocenters. The number of fused-ring (bicyclic) bond motifs is 1. The van der Waals surface area contributed by atoms with E-state index in [1.54, 1.807) is 12.4 Å². The van der Waals surface area contributed by atoms with Crippen LogP contribution in [0.4, 0.5) is 0 Å². The number of carbonyl (C=O) groups excluding carboxylic acids is 1. The Hall–Kier alpha value is -1.97. The maximum atomic E-state index is 12.8. The van der Waals surface area contributed by atoms with Gasteiger partial charge >= 0.3 is 0 Å². The maximum Gasteiger partial charge on any atom is 0.251 e. The number of nitrogens with one attached hydrogen (secondary N) is 1. The summed E-state index contributed by atoms with van der Waals surface area (Å²) in [5.41, 5.74) is 2.38. The summed E-state index contributed by atoms with van der Waals surface area (Å²) in [6.07, 6.45) is 11.1. The third-order valence-corrected chi connectivity index (χ3v) is 6.15. The normalized spacial score (nSPS) is 34.7. The van der Waals surface area contributed by atoms with Crippen LogP contribution >= 0.6 is 0 Å². The molecule has 4 fully saturated rings. The van der Waals surface area contributed by atoms with Crippen molar-refractivity contribution in [2.24, 2.45) is 17.8 Å². The van der Waals surface area contributed by atoms with Gasteiger partial charge in [-0.05, 0) is 74.5 Å². The fraction of sp³-hybridized carbons (Fsp3) is 0.526. The second-order valence-electron chi connectivity index (χ2n) is 7.91. The molecule has 1 amide bonds. The SMILES string of the molecule is O=C(NC12CC3CC(CC(C3)C1)C2)c1ccc2nccnc2c1. The Labute approximate surface area is 135 Å². The maximum absolute atomic E-state index is 12.8. The first kappa shape index (κ1) is 13.5. The lowest BCUT2D eigenvalue weighted by atomic mass is 9.53. The van der Waals surface area contributed by atoms with Gasteiger partial charge in [-0.25, -0.2) is 0 Å². The summed E-state index contributed by atoms with van der Waals surface area (Å²) >= 11 is 0. The highest BCUT2D eigenvalue weighted by molar-refractivity contribution is 5.97. The molecule has 0 radical (unpaired) electrons. The topological polar surface area (TPSA) is 54.9 Å². The zero-order valence-corrected chi connectivity index (χ0v) is 13.2. The van der Waals surface area contributed by atoms with Crippen LogP contribution in [0.1, 0.15) is 48.9 Å². The predicted octanol–water partition coefficient (Wildman–Crippen LogP) is 3.33. The molecule has 4 heteroatoms. The van der Waals surface area contributed by atoms with Crippen molar-refractivity contribution < 1.29 is 4.79 Å². The molecule has 0 saturated heterocycles. The summed E-state index contributed by atoms with van der Waals surface area (Å²) in [6.45, 7) is 0. The lowest BCUT2D eigenvalue weighted by Crippen LogP contribution is -2.59. The molecule has 118 valence electrons. The molecule has 1 N–H and O–H groups in total. The van der Waals surface area contributed by atoms with Gasteiger partial charge in [0.05, 0.1) is 11.0 Å². The van der Waals surface area contributed by atoms with Crippen molar-refractivity contribution in [3.63, 3.8) is 0 Å². The molecule has 2 aromatic rings. The molecular formula is C19H21N3O. The molecule has 4 aliphatic rings. The summed E-state index contributed by atoms with van der Waals surface area (Å²) in [6, 6.07) is 5.61. The van der Waals surface area contributed by atoms with Crippen LogP contribution < -0.4 is 5.32 Å². The summed E-state index contributed by atoms with van der Waals surface area (Å²) in [4.78, 5) is 21.4. The number of hydrogen-bond donors (Lipinski definition) is 1. The van der Waals surface area contributed by atoms with Crippen molar-refractivity contribution in [3.05, 3.63) is 36.2 Å². The van der Waals surface area contributed by atoms with E-state index in [-0.39, 0.29) is 11.4 Å². The quantitative estimate of drug-likeness (QED) is 0.926. The minimum Gasteiger partial charge on any atom is -0.347 e. The van der Waals surface area contributed by atoms with Crippen molar-refractivity contribution in [2.75, 3.05) is 0 Å². The Morgan fingerprint density at radius 3 is 2.22 bits per heavy atom. The molecule has 0 spiro atoms. The molecule has 1 aromatic heterocycles. The smallest absolute Gasteiger partial charge is 0.251 e. The monoisotopic (exact) mass is 307 g/mol. The van der Waals surface area contributed by atoms with Crippen molar-refractivity contribution in [3.8, 4) is 0 Å². The molecule has 4 saturated carbocycles. The van der Waals surface area contributed by atoms with Crippen molar-refractivity contribution in [2.45, 2.75) is 44.1 Å². The van der Waals surface area contributed by atoms with E-state index >= 15 is 0 Å². The van der Waals surface area contributed by atoms with Gasteiger partial charge in [-0.1, -0.05) is 0 Å². The van der Waals surface area contributed by atoms with Gasteiger partial charge in [0.15, 0.2) is 0 Å². The van der Waals surface area contributed by atoms with Crippen LogP contribution in [0.5, 0.6) is 0 Å². The van der Waals surface area contributed by atoms with Crippen molar-refractivity contribution >= 4 is 16.9 Å². The first-order valence-corrected chi connectivity index (χ1v) is 8.72. The Bertz CT molecular complexity index is 750. The number of benzene rings is 1. The number of hydrogen-bond acceptors (Lipinski definition) is 3. The summed E-state index contributed by atoms with van der Waals surface area (Å²) in [5, 5.41) is 3.42. The van der Waals surface area contributed by atoms with Crippen LogP contribution in [-0.4, -0.2) is 21.4 Å². The predicted molar refractivity (Wildman–Crippen MR) is 87.9 cm³/mol. The Balaban J connectivity index is 1.42. The van der Waals surface area contributed by atoms with Crippen LogP contribution in [0.15, 0.2) is 30.6 Å². The van der Waals surface area contributed by atoms with E-state index in [1.165, 1.54) is 38.5 Å². The van der Waals surface area contributed by atoms with E-state index < -0.39 is 0 Å². The van der Waals surface area contributed by atoms with Crippen LogP contribution in [0, 0.1) is 17.8 Å². The van der Waals surface area contributed by atoms with Gasteiger partial charge in [-0.3, -0.25) is 14.8 Å². The first-order chi connectivity index (χ1) is 11.2. The zero-order valence-electron chi connectivity index (χ0n) is 13.2. The average Bonchev–Trinajstić information content (AvgIpc) is 2.52. The molecule has 6 rings (SSSR count). The lowest BCUT2D eigenvalue weighted by molar-refractivity contribution is -0.0167. The van der Waals surface area contributed by atoms with Crippen molar-refractivity contribution in [1.29, 1.82) is 0 Å². The van der Waals surface area contributed by atoms with Crippen LogP contribution in [0.3, 0.4) is 0 Å². The summed E-state index contributed by atoms with van der Waals surface area (Å²) in [7, 11) is 0. The van der Waals surface area contributed by atoms with Gasteiger partial charge in [0.2, 0.25) is 0 Å². The molecule has 1 heterocycles. The molecule has 1 aromatic carbocycles. The van der Waals surface area contributed by atoms with Crippen LogP contribution in [0.25, 0.3) is 11.0 Å². The van der Waals surface area contributed by atoms with Crippen molar-refractivity contribution in [1.82, 2.24) is 15.3 Å². The van der Waals surface area contributed by atoms with E-state index in [1.807, 2.05) is 18.2 Å². The number of rotatable bonds is 2. The largest absolute Gasteiger partial charge is 0.347 e. The minimum atomic E-state index is 0.0551. The molecule has 4 bridgehead atoms. The molecule has 23 heavy (non-hydrogen) atoms. The highest BCUT2D eigenvalue weighted by atomic mass is 16.1. The number of aromatic nitrogens is 2. The fourth-order valence-corrected chi connectivity index (χ4v) is 5.68. The highest BCUT2D eigenvalue weighted by Gasteiger charge is 2.51. The summed E-state index contributed by atoms with van der Waals surface area (Å²) in [5.74, 6) is 2.57. The number of carbonyl (C=O) groups is 1. The van der Waals surface area contributed by atoms with E-state index in [4.69, 9.17) is 0 Å². The van der Waals surface area contributed by atoms with Gasteiger partial charge < -0.3 is 5.32 Å². The van der Waals surface area contributed by atoms with E-state index in [9.17, 15) is 4.79 Å². The van der Waals surface area contributed by atoms with Gasteiger partial charge in [-0.15, -0.1) is 0 Å². The van der Waals surface area contributed by atoms with Gasteiger partial charge in [0.25, 0.3) is 5.91 Å². The Kier molecular flexibility index (Phi) is 2.79. The van der Waals surface area contributed by atoms with E-state index in [0.717, 1.165) is 28.8 Å². The number of amides is 1. The molecule has 4 nitrogen and oxygen atoms in total. The standard InChI is InChI=1S/C19H21N3O/c23-18(15-1-2-16-17(8-15)21-4-3-20-16)22-19-9-12-5-13(10-19)7-14(6-12)11-19/h1-4,8,12-14H,5-7,9-11H2,(H,22,23). The average molecular weight is 307 g/mol. The van der Waals surface area contributed by atoms with Gasteiger partial charge in [0.1, 0.15) is 0 Å². The molecule has 0 aliphatic heterocycles. The van der Waals surface area contributed by atoms with Gasteiger partial charge in [0, 0.05) is 23.5 Å². The summed E-state index contributed by atoms with van der Waals surface area (Å²) < 4.78 is 0. The Morgan fingerprint density at radius 1 is 0.957 bits per heavy atom. The number of nitrogens with zero attached hydrogens (tertiary/aromatic N) is 2. The second-order valence-corrected chi connectivity index (χ2v) is 7.91. The van der Waals surface area contributed by atoms with Crippen LogP contribution in [0.2, 0.25) is 0 Å². The zero-order chi connectivity index (χ0) is 15.4. The second kappa shape index (κ2) is 4.76. The fourth-order valence-electron chi connectivity index (χ4n) is 5.68. The molecule has 4 aliphatic carbocycles. The first-order valence-electron chi connectivity index (χ1n) is 8.72. The lowest BCUT2D eigenvalue weighted by Gasteiger charge is -2.56. The van der Waals surface area contributed by atoms with E-state index in [0.29, 0.717) is 5.56 Å². The highest BCUT2D eigenvalue weighted by Crippen LogP contribution is 2.55. The molecule has 0 unspecified atom stereocenters.